The fourth-order valence-electron chi connectivity index (χ4n) is 5.43. The summed E-state index contributed by atoms with van der Waals surface area (Å²) in [6.45, 7) is 0. The Morgan fingerprint density at radius 2 is 1.25 bits per heavy atom. The number of para-hydroxylation sites is 1. The van der Waals surface area contributed by atoms with Crippen molar-refractivity contribution in [3.05, 3.63) is 138 Å². The number of carbonyl (C=O) groups excluding carboxylic acids is 1. The summed E-state index contributed by atoms with van der Waals surface area (Å²) in [4.78, 5) is 21.0. The van der Waals surface area contributed by atoms with Crippen LogP contribution in [0.5, 0.6) is 0 Å². The monoisotopic (exact) mass is 417 g/mol. The van der Waals surface area contributed by atoms with Gasteiger partial charge in [-0.2, -0.15) is 0 Å². The number of ketones is 1. The SMILES string of the molecule is O=C1c2ccccc2C[C@@]12[C@H](c1ccccc1)ON(c1ccccc1)[C@@H]2c1ccccc1. The normalized spacial score (nSPS) is 24.1. The Morgan fingerprint density at radius 3 is 1.91 bits per heavy atom. The topological polar surface area (TPSA) is 29.5 Å². The number of fused-ring (bicyclic) bond motifs is 1. The first-order valence-electron chi connectivity index (χ1n) is 11.0. The standard InChI is InChI=1S/C29H23NO2/c31-27-25-19-11-10-16-23(25)20-29(27)26(21-12-4-1-5-13-21)30(24-17-8-3-9-18-24)32-28(29)22-14-6-2-7-15-22/h1-19,26,28H,20H2/t26-,28+,29+/m1/s1. The smallest absolute Gasteiger partial charge is 0.175 e. The number of benzene rings is 4. The highest BCUT2D eigenvalue weighted by Crippen LogP contribution is 2.62. The van der Waals surface area contributed by atoms with Gasteiger partial charge in [0.15, 0.2) is 5.78 Å². The molecule has 3 nitrogen and oxygen atoms in total. The van der Waals surface area contributed by atoms with Gasteiger partial charge in [-0.05, 0) is 35.2 Å². The lowest BCUT2D eigenvalue weighted by molar-refractivity contribution is 0.0342. The Hall–Kier alpha value is -3.69. The number of hydroxylamine groups is 1. The van der Waals surface area contributed by atoms with Crippen LogP contribution in [0.1, 0.15) is 39.2 Å². The average molecular weight is 418 g/mol. The van der Waals surface area contributed by atoms with Crippen LogP contribution in [0.25, 0.3) is 0 Å². The molecular formula is C29H23NO2. The summed E-state index contributed by atoms with van der Waals surface area (Å²) in [6, 6.07) is 38.3. The first kappa shape index (κ1) is 19.0. The average Bonchev–Trinajstić information content (AvgIpc) is 3.36. The van der Waals surface area contributed by atoms with Crippen LogP contribution in [0.15, 0.2) is 115 Å². The van der Waals surface area contributed by atoms with Crippen LogP contribution in [-0.4, -0.2) is 5.78 Å². The molecular weight excluding hydrogens is 394 g/mol. The first-order chi connectivity index (χ1) is 15.8. The Bertz CT molecular complexity index is 1260. The summed E-state index contributed by atoms with van der Waals surface area (Å²) in [6.07, 6.45) is 0.249. The second-order valence-corrected chi connectivity index (χ2v) is 8.57. The van der Waals surface area contributed by atoms with Crippen LogP contribution in [0.4, 0.5) is 5.69 Å². The molecule has 0 bridgehead atoms. The van der Waals surface area contributed by atoms with Crippen molar-refractivity contribution in [3.63, 3.8) is 0 Å². The molecule has 0 amide bonds. The molecule has 1 fully saturated rings. The van der Waals surface area contributed by atoms with Crippen LogP contribution >= 0.6 is 0 Å². The second-order valence-electron chi connectivity index (χ2n) is 8.57. The van der Waals surface area contributed by atoms with Gasteiger partial charge in [-0.1, -0.05) is 103 Å². The third kappa shape index (κ3) is 2.75. The van der Waals surface area contributed by atoms with Crippen LogP contribution in [0.3, 0.4) is 0 Å². The van der Waals surface area contributed by atoms with E-state index < -0.39 is 11.5 Å². The van der Waals surface area contributed by atoms with E-state index in [1.807, 2.05) is 90.0 Å². The summed E-state index contributed by atoms with van der Waals surface area (Å²) in [5, 5.41) is 1.97. The molecule has 0 unspecified atom stereocenters. The van der Waals surface area contributed by atoms with Crippen molar-refractivity contribution < 1.29 is 9.63 Å². The maximum Gasteiger partial charge on any atom is 0.175 e. The number of Topliss-reactive ketones (excluding diaryl/α,β-unsaturated/α-hetero) is 1. The summed E-state index contributed by atoms with van der Waals surface area (Å²) in [5.41, 5.74) is 4.19. The van der Waals surface area contributed by atoms with Gasteiger partial charge in [0.05, 0.1) is 17.1 Å². The summed E-state index contributed by atoms with van der Waals surface area (Å²) < 4.78 is 0. The molecule has 4 aromatic rings. The molecule has 32 heavy (non-hydrogen) atoms. The van der Waals surface area contributed by atoms with E-state index in [1.54, 1.807) is 0 Å². The third-order valence-electron chi connectivity index (χ3n) is 6.81. The van der Waals surface area contributed by atoms with Crippen molar-refractivity contribution in [2.45, 2.75) is 18.6 Å². The number of carbonyl (C=O) groups is 1. The minimum absolute atomic E-state index is 0.161. The third-order valence-corrected chi connectivity index (χ3v) is 6.81. The van der Waals surface area contributed by atoms with Gasteiger partial charge in [0.25, 0.3) is 0 Å². The molecule has 1 spiro atoms. The molecule has 1 saturated heterocycles. The van der Waals surface area contributed by atoms with E-state index in [2.05, 4.69) is 30.3 Å². The molecule has 0 radical (unpaired) electrons. The van der Waals surface area contributed by atoms with E-state index in [4.69, 9.17) is 4.84 Å². The van der Waals surface area contributed by atoms with Gasteiger partial charge in [0.2, 0.25) is 0 Å². The quantitative estimate of drug-likeness (QED) is 0.389. The van der Waals surface area contributed by atoms with E-state index in [1.165, 1.54) is 0 Å². The fraction of sp³-hybridized carbons (Fsp3) is 0.138. The molecule has 2 aliphatic rings. The van der Waals surface area contributed by atoms with Crippen molar-refractivity contribution in [3.8, 4) is 0 Å². The number of hydrogen-bond acceptors (Lipinski definition) is 3. The van der Waals surface area contributed by atoms with Gasteiger partial charge in [-0.3, -0.25) is 9.63 Å². The Kier molecular flexibility index (Phi) is 4.44. The number of nitrogens with zero attached hydrogens (tertiary/aromatic N) is 1. The van der Waals surface area contributed by atoms with E-state index in [0.29, 0.717) is 6.42 Å². The fourth-order valence-corrected chi connectivity index (χ4v) is 5.43. The zero-order valence-corrected chi connectivity index (χ0v) is 17.6. The molecule has 0 N–H and O–H groups in total. The van der Waals surface area contributed by atoms with Crippen LogP contribution in [-0.2, 0) is 11.3 Å². The zero-order chi connectivity index (χ0) is 21.5. The van der Waals surface area contributed by atoms with Crippen molar-refractivity contribution in [1.82, 2.24) is 0 Å². The first-order valence-corrected chi connectivity index (χ1v) is 11.0. The molecule has 0 saturated carbocycles. The lowest BCUT2D eigenvalue weighted by Crippen LogP contribution is -2.39. The van der Waals surface area contributed by atoms with E-state index >= 15 is 0 Å². The minimum Gasteiger partial charge on any atom is -0.293 e. The maximum absolute atomic E-state index is 14.3. The molecule has 3 heteroatoms. The molecule has 156 valence electrons. The van der Waals surface area contributed by atoms with E-state index in [9.17, 15) is 4.79 Å². The predicted octanol–water partition coefficient (Wildman–Crippen LogP) is 6.35. The number of hydrogen-bond donors (Lipinski definition) is 0. The molecule has 6 rings (SSSR count). The van der Waals surface area contributed by atoms with Gasteiger partial charge >= 0.3 is 0 Å². The van der Waals surface area contributed by atoms with Gasteiger partial charge in [-0.25, -0.2) is 5.06 Å². The zero-order valence-electron chi connectivity index (χ0n) is 17.6. The molecule has 1 aliphatic heterocycles. The highest BCUT2D eigenvalue weighted by Gasteiger charge is 2.64. The van der Waals surface area contributed by atoms with Crippen molar-refractivity contribution in [1.29, 1.82) is 0 Å². The van der Waals surface area contributed by atoms with Crippen LogP contribution in [0, 0.1) is 5.41 Å². The minimum atomic E-state index is -0.762. The van der Waals surface area contributed by atoms with Gasteiger partial charge < -0.3 is 0 Å². The van der Waals surface area contributed by atoms with E-state index in [-0.39, 0.29) is 11.8 Å². The predicted molar refractivity (Wildman–Crippen MR) is 125 cm³/mol. The van der Waals surface area contributed by atoms with Crippen molar-refractivity contribution in [2.75, 3.05) is 5.06 Å². The van der Waals surface area contributed by atoms with Crippen molar-refractivity contribution >= 4 is 11.5 Å². The molecule has 4 aromatic carbocycles. The summed E-state index contributed by atoms with van der Waals surface area (Å²) in [5.74, 6) is 0.161. The maximum atomic E-state index is 14.3. The Morgan fingerprint density at radius 1 is 0.688 bits per heavy atom. The molecule has 1 heterocycles. The highest BCUT2D eigenvalue weighted by molar-refractivity contribution is 6.06. The van der Waals surface area contributed by atoms with E-state index in [0.717, 1.165) is 27.9 Å². The Balaban J connectivity index is 1.61. The Labute approximate surface area is 187 Å². The van der Waals surface area contributed by atoms with Crippen LogP contribution in [0.2, 0.25) is 0 Å². The molecule has 0 aromatic heterocycles. The summed E-state index contributed by atoms with van der Waals surface area (Å²) in [7, 11) is 0. The summed E-state index contributed by atoms with van der Waals surface area (Å²) >= 11 is 0. The highest BCUT2D eigenvalue weighted by atomic mass is 16.7. The van der Waals surface area contributed by atoms with Gasteiger partial charge in [0.1, 0.15) is 6.10 Å². The van der Waals surface area contributed by atoms with Gasteiger partial charge in [0, 0.05) is 5.56 Å². The molecule has 1 aliphatic carbocycles. The van der Waals surface area contributed by atoms with Crippen molar-refractivity contribution in [2.24, 2.45) is 5.41 Å². The second kappa shape index (κ2) is 7.47. The largest absolute Gasteiger partial charge is 0.293 e. The van der Waals surface area contributed by atoms with Crippen LogP contribution < -0.4 is 5.06 Å². The lowest BCUT2D eigenvalue weighted by atomic mass is 9.68. The molecule has 3 atom stereocenters. The lowest BCUT2D eigenvalue weighted by Gasteiger charge is -2.34. The number of anilines is 1. The number of rotatable bonds is 3. The van der Waals surface area contributed by atoms with Gasteiger partial charge in [-0.15, -0.1) is 0 Å².